The van der Waals surface area contributed by atoms with Crippen molar-refractivity contribution >= 4 is 22.5 Å². The van der Waals surface area contributed by atoms with Gasteiger partial charge in [0.2, 0.25) is 5.91 Å². The first kappa shape index (κ1) is 19.7. The number of rotatable bonds is 5. The molecule has 3 heterocycles. The van der Waals surface area contributed by atoms with E-state index in [0.29, 0.717) is 29.9 Å². The Morgan fingerprint density at radius 2 is 2.03 bits per heavy atom. The number of nitrogens with zero attached hydrogens (tertiary/aromatic N) is 3. The fourth-order valence-electron chi connectivity index (χ4n) is 4.60. The minimum absolute atomic E-state index is 0.113. The number of fused-ring (bicyclic) bond motifs is 3. The van der Waals surface area contributed by atoms with E-state index < -0.39 is 6.04 Å². The lowest BCUT2D eigenvalue weighted by atomic mass is 9.86. The van der Waals surface area contributed by atoms with Gasteiger partial charge in [-0.1, -0.05) is 33.6 Å². The number of hydrogen-bond acceptors (Lipinski definition) is 4. The average Bonchev–Trinajstić information content (AvgIpc) is 3.22. The lowest BCUT2D eigenvalue weighted by Gasteiger charge is -2.31. The fourth-order valence-corrected chi connectivity index (χ4v) is 4.60. The summed E-state index contributed by atoms with van der Waals surface area (Å²) in [6.07, 6.45) is 5.64. The van der Waals surface area contributed by atoms with Gasteiger partial charge in [0, 0.05) is 24.6 Å². The Morgan fingerprint density at radius 3 is 2.72 bits per heavy atom. The monoisotopic (exact) mass is 398 g/mol. The Kier molecular flexibility index (Phi) is 5.23. The predicted molar refractivity (Wildman–Crippen MR) is 112 cm³/mol. The summed E-state index contributed by atoms with van der Waals surface area (Å²) in [5.41, 5.74) is 1.76. The molecule has 7 heteroatoms. The molecule has 0 radical (unpaired) electrons. The van der Waals surface area contributed by atoms with Crippen LogP contribution in [-0.2, 0) is 11.2 Å². The molecule has 0 unspecified atom stereocenters. The summed E-state index contributed by atoms with van der Waals surface area (Å²) < 4.78 is 8.96. The van der Waals surface area contributed by atoms with E-state index in [1.54, 1.807) is 6.07 Å². The molecule has 7 nitrogen and oxygen atoms in total. The molecule has 0 aliphatic heterocycles. The van der Waals surface area contributed by atoms with Crippen LogP contribution in [-0.4, -0.2) is 26.1 Å². The average molecular weight is 399 g/mol. The maximum Gasteiger partial charge on any atom is 0.291 e. The Labute approximate surface area is 170 Å². The molecule has 4 rings (SSSR count). The molecular formula is C22H30N4O3. The summed E-state index contributed by atoms with van der Waals surface area (Å²) in [7, 11) is 0. The van der Waals surface area contributed by atoms with E-state index in [4.69, 9.17) is 4.42 Å². The lowest BCUT2D eigenvalue weighted by Crippen LogP contribution is -2.46. The normalized spacial score (nSPS) is 21.0. The summed E-state index contributed by atoms with van der Waals surface area (Å²) in [6.45, 7) is 8.00. The highest BCUT2D eigenvalue weighted by Gasteiger charge is 2.29. The van der Waals surface area contributed by atoms with Gasteiger partial charge in [0.25, 0.3) is 5.56 Å². The molecule has 3 aromatic heterocycles. The van der Waals surface area contributed by atoms with Gasteiger partial charge in [-0.15, -0.1) is 0 Å². The molecule has 156 valence electrons. The van der Waals surface area contributed by atoms with E-state index in [-0.39, 0.29) is 17.5 Å². The maximum absolute atomic E-state index is 13.3. The van der Waals surface area contributed by atoms with Gasteiger partial charge in [-0.3, -0.25) is 14.0 Å². The summed E-state index contributed by atoms with van der Waals surface area (Å²) in [6, 6.07) is 3.24. The third-order valence-electron chi connectivity index (χ3n) is 6.26. The van der Waals surface area contributed by atoms with E-state index in [1.807, 2.05) is 31.2 Å². The van der Waals surface area contributed by atoms with Crippen molar-refractivity contribution < 1.29 is 9.21 Å². The highest BCUT2D eigenvalue weighted by Crippen LogP contribution is 2.26. The third-order valence-corrected chi connectivity index (χ3v) is 6.26. The molecule has 0 aromatic carbocycles. The van der Waals surface area contributed by atoms with E-state index in [1.165, 1.54) is 11.1 Å². The summed E-state index contributed by atoms with van der Waals surface area (Å²) in [5.74, 6) is 1.89. The Morgan fingerprint density at radius 1 is 1.28 bits per heavy atom. The molecular weight excluding hydrogens is 368 g/mol. The van der Waals surface area contributed by atoms with Crippen LogP contribution < -0.4 is 10.9 Å². The molecule has 0 bridgehead atoms. The number of carbonyl (C=O) groups excluding carboxylic acids is 1. The molecule has 1 saturated carbocycles. The molecule has 3 aromatic rings. The highest BCUT2D eigenvalue weighted by atomic mass is 16.3. The largest absolute Gasteiger partial charge is 0.460 e. The van der Waals surface area contributed by atoms with Crippen LogP contribution in [0.1, 0.15) is 70.5 Å². The summed E-state index contributed by atoms with van der Waals surface area (Å²) in [4.78, 5) is 26.4. The van der Waals surface area contributed by atoms with Crippen LogP contribution >= 0.6 is 0 Å². The van der Waals surface area contributed by atoms with E-state index in [2.05, 4.69) is 17.3 Å². The topological polar surface area (TPSA) is 81.5 Å². The molecule has 1 aliphatic rings. The quantitative estimate of drug-likeness (QED) is 0.709. The molecule has 3 atom stereocenters. The van der Waals surface area contributed by atoms with Crippen molar-refractivity contribution in [3.05, 3.63) is 34.1 Å². The van der Waals surface area contributed by atoms with Gasteiger partial charge in [-0.25, -0.2) is 4.68 Å². The van der Waals surface area contributed by atoms with Crippen LogP contribution in [0.15, 0.2) is 21.3 Å². The van der Waals surface area contributed by atoms with E-state index in [9.17, 15) is 9.59 Å². The number of carbonyl (C=O) groups is 1. The first-order valence-corrected chi connectivity index (χ1v) is 10.8. The van der Waals surface area contributed by atoms with Crippen molar-refractivity contribution in [2.24, 2.45) is 5.92 Å². The number of aryl methyl sites for hydroxylation is 2. The van der Waals surface area contributed by atoms with E-state index >= 15 is 0 Å². The van der Waals surface area contributed by atoms with Gasteiger partial charge >= 0.3 is 0 Å². The second-order valence-electron chi connectivity index (χ2n) is 8.29. The molecule has 29 heavy (non-hydrogen) atoms. The van der Waals surface area contributed by atoms with Gasteiger partial charge in [0.15, 0.2) is 5.58 Å². The first-order valence-electron chi connectivity index (χ1n) is 10.8. The van der Waals surface area contributed by atoms with Gasteiger partial charge in [-0.05, 0) is 32.1 Å². The van der Waals surface area contributed by atoms with Crippen molar-refractivity contribution in [1.82, 2.24) is 19.5 Å². The number of hydrogen-bond donors (Lipinski definition) is 1. The molecule has 0 spiro atoms. The van der Waals surface area contributed by atoms with Gasteiger partial charge in [-0.2, -0.15) is 5.10 Å². The second kappa shape index (κ2) is 7.69. The standard InChI is InChI=1S/C22H30N4O3/c1-5-16(21(27)23-15-10-8-7-9-13(15)3)26-22(28)18-12-19-17(11-14(4)29-19)25(18)20(6-2)24-26/h11-13,15-16H,5-10H2,1-4H3,(H,23,27)/t13-,15+,16+/m0/s1. The summed E-state index contributed by atoms with van der Waals surface area (Å²) >= 11 is 0. The van der Waals surface area contributed by atoms with Crippen molar-refractivity contribution in [3.63, 3.8) is 0 Å². The maximum atomic E-state index is 13.3. The number of amides is 1. The molecule has 1 aliphatic carbocycles. The zero-order chi connectivity index (χ0) is 20.7. The Balaban J connectivity index is 1.75. The van der Waals surface area contributed by atoms with E-state index in [0.717, 1.165) is 36.4 Å². The van der Waals surface area contributed by atoms with Crippen LogP contribution in [0, 0.1) is 12.8 Å². The van der Waals surface area contributed by atoms with Crippen molar-refractivity contribution in [2.45, 2.75) is 78.3 Å². The van der Waals surface area contributed by atoms with Gasteiger partial charge < -0.3 is 9.73 Å². The number of nitrogens with one attached hydrogen (secondary N) is 1. The Hall–Kier alpha value is -2.57. The van der Waals surface area contributed by atoms with Crippen LogP contribution in [0.5, 0.6) is 0 Å². The number of aromatic nitrogens is 3. The van der Waals surface area contributed by atoms with Crippen LogP contribution in [0.2, 0.25) is 0 Å². The second-order valence-corrected chi connectivity index (χ2v) is 8.29. The van der Waals surface area contributed by atoms with Crippen LogP contribution in [0.4, 0.5) is 0 Å². The minimum atomic E-state index is -0.616. The smallest absolute Gasteiger partial charge is 0.291 e. The SMILES string of the molecule is CCc1nn([C@H](CC)C(=O)N[C@@H]2CCCC[C@@H]2C)c(=O)c2cc3oc(C)cc3n12. The van der Waals surface area contributed by atoms with Crippen molar-refractivity contribution in [2.75, 3.05) is 0 Å². The molecule has 1 N–H and O–H groups in total. The third kappa shape index (κ3) is 3.36. The van der Waals surface area contributed by atoms with Crippen LogP contribution in [0.3, 0.4) is 0 Å². The van der Waals surface area contributed by atoms with Gasteiger partial charge in [0.05, 0.1) is 5.52 Å². The lowest BCUT2D eigenvalue weighted by molar-refractivity contribution is -0.126. The van der Waals surface area contributed by atoms with Gasteiger partial charge in [0.1, 0.15) is 23.1 Å². The highest BCUT2D eigenvalue weighted by molar-refractivity contribution is 5.84. The number of furan rings is 1. The zero-order valence-corrected chi connectivity index (χ0v) is 17.7. The minimum Gasteiger partial charge on any atom is -0.460 e. The summed E-state index contributed by atoms with van der Waals surface area (Å²) in [5, 5.41) is 7.82. The van der Waals surface area contributed by atoms with Crippen LogP contribution in [0.25, 0.3) is 16.6 Å². The van der Waals surface area contributed by atoms with Crippen molar-refractivity contribution in [1.29, 1.82) is 0 Å². The molecule has 1 fully saturated rings. The fraction of sp³-hybridized carbons (Fsp3) is 0.591. The molecule has 1 amide bonds. The molecule has 0 saturated heterocycles. The Bertz CT molecular complexity index is 1110. The first-order chi connectivity index (χ1) is 13.9. The zero-order valence-electron chi connectivity index (χ0n) is 17.7. The predicted octanol–water partition coefficient (Wildman–Crippen LogP) is 3.76. The van der Waals surface area contributed by atoms with Crippen molar-refractivity contribution in [3.8, 4) is 0 Å².